The number of aromatic nitrogens is 2. The number of carbonyl (C=O) groups is 10. The van der Waals surface area contributed by atoms with Gasteiger partial charge in [-0.05, 0) is 74.7 Å². The molecule has 18 N–H and O–H groups in total. The molecule has 0 bridgehead atoms. The third-order valence-corrected chi connectivity index (χ3v) is 11.2. The second-order valence-corrected chi connectivity index (χ2v) is 18.1. The Morgan fingerprint density at radius 2 is 1.21 bits per heavy atom. The van der Waals surface area contributed by atoms with Crippen LogP contribution in [0.3, 0.4) is 0 Å². The van der Waals surface area contributed by atoms with Crippen LogP contribution in [0.5, 0.6) is 5.75 Å². The van der Waals surface area contributed by atoms with Gasteiger partial charge in [0.25, 0.3) is 0 Å². The van der Waals surface area contributed by atoms with Crippen molar-refractivity contribution < 1.29 is 68.4 Å². The largest absolute Gasteiger partial charge is 0.508 e. The Kier molecular flexibility index (Phi) is 26.1. The molecule has 0 aliphatic heterocycles. The molecule has 0 radical (unpaired) electrons. The minimum Gasteiger partial charge on any atom is -0.508 e. The number of aromatic amines is 1. The first kappa shape index (κ1) is 60.6. The van der Waals surface area contributed by atoms with Crippen molar-refractivity contribution in [3.05, 3.63) is 48.0 Å². The van der Waals surface area contributed by atoms with Gasteiger partial charge in [-0.1, -0.05) is 26.0 Å². The van der Waals surface area contributed by atoms with E-state index in [0.29, 0.717) is 11.3 Å². The minimum atomic E-state index is -1.98. The highest BCUT2D eigenvalue weighted by Crippen LogP contribution is 2.14. The van der Waals surface area contributed by atoms with E-state index in [4.69, 9.17) is 17.2 Å². The summed E-state index contributed by atoms with van der Waals surface area (Å²) in [5.41, 5.74) is 17.6. The predicted octanol–water partition coefficient (Wildman–Crippen LogP) is -3.08. The van der Waals surface area contributed by atoms with E-state index in [1.807, 2.05) is 0 Å². The lowest BCUT2D eigenvalue weighted by atomic mass is 10.00. The number of phenolic OH excluding ortho intramolecular Hbond substituents is 1. The highest BCUT2D eigenvalue weighted by molar-refractivity contribution is 7.98. The third kappa shape index (κ3) is 23.0. The molecule has 72 heavy (non-hydrogen) atoms. The number of H-pyrrole nitrogens is 1. The number of aliphatic carboxylic acids is 3. The molecule has 0 fully saturated rings. The Morgan fingerprint density at radius 3 is 1.75 bits per heavy atom. The number of thioether (sulfide) groups is 1. The number of amides is 7. The number of carboxylic acids is 3. The van der Waals surface area contributed by atoms with Gasteiger partial charge in [-0.2, -0.15) is 11.8 Å². The number of hydrogen-bond acceptors (Lipinski definition) is 15. The van der Waals surface area contributed by atoms with E-state index in [2.05, 4.69) is 52.2 Å². The van der Waals surface area contributed by atoms with Crippen LogP contribution in [-0.4, -0.2) is 162 Å². The topological polar surface area (TPSA) is 455 Å². The van der Waals surface area contributed by atoms with Crippen molar-refractivity contribution in [1.82, 2.24) is 47.2 Å². The maximum Gasteiger partial charge on any atom is 0.326 e. The van der Waals surface area contributed by atoms with Crippen LogP contribution in [0.1, 0.15) is 77.0 Å². The summed E-state index contributed by atoms with van der Waals surface area (Å²) in [6, 6.07) is -6.30. The summed E-state index contributed by atoms with van der Waals surface area (Å²) in [5.74, 6) is -11.5. The molecule has 398 valence electrons. The summed E-state index contributed by atoms with van der Waals surface area (Å²) in [6.07, 6.45) is 1.98. The Morgan fingerprint density at radius 1 is 0.667 bits per heavy atom. The van der Waals surface area contributed by atoms with Gasteiger partial charge in [0, 0.05) is 37.7 Å². The van der Waals surface area contributed by atoms with Crippen molar-refractivity contribution >= 4 is 77.0 Å². The molecule has 1 heterocycles. The molecule has 1 aromatic carbocycles. The molecule has 0 aliphatic rings. The first-order chi connectivity index (χ1) is 33.9. The fourth-order valence-corrected chi connectivity index (χ4v) is 7.21. The Bertz CT molecular complexity index is 2190. The molecular weight excluding hydrogens is 967 g/mol. The number of nitrogens with two attached hydrogens (primary N) is 3. The molecule has 1 aromatic heterocycles. The first-order valence-electron chi connectivity index (χ1n) is 22.7. The van der Waals surface area contributed by atoms with Crippen molar-refractivity contribution in [3.8, 4) is 5.75 Å². The second kappa shape index (κ2) is 31.0. The van der Waals surface area contributed by atoms with Crippen molar-refractivity contribution in [2.24, 2.45) is 28.1 Å². The van der Waals surface area contributed by atoms with E-state index in [1.54, 1.807) is 20.1 Å². The number of imidazole rings is 1. The molecule has 2 rings (SSSR count). The fourth-order valence-electron chi connectivity index (χ4n) is 6.74. The van der Waals surface area contributed by atoms with E-state index in [0.717, 1.165) is 0 Å². The standard InChI is InChI=1S/C44H67N13O14S/c1-22(2)16-31(55-36(63)23(3)51-37(64)27(45)18-25-20-48-21-50-25)40(67)56-32(17-24-7-9-26(58)10-8-24)41(68)57-33(19-35(61)62)42(69)52-28(11-12-34(59)60)38(65)53-29(13-15-72-4)39(66)54-30(43(70)71)6-5-14-49-44(46)47/h7-10,20-23,27-33,58H,5-6,11-19,45H2,1-4H3,(H,48,50)(H,51,64)(H,52,69)(H,53,65)(H,54,66)(H,55,63)(H,56,67)(H,57,68)(H,59,60)(H,61,62)(H,70,71)(H4,46,47,49)/t23-,27-,28-,29-,30-,31-,32-,33-/m0/s1. The highest BCUT2D eigenvalue weighted by atomic mass is 32.2. The highest BCUT2D eigenvalue weighted by Gasteiger charge is 2.35. The van der Waals surface area contributed by atoms with Crippen LogP contribution in [-0.2, 0) is 60.8 Å². The number of nitrogens with one attached hydrogen (secondary N) is 8. The van der Waals surface area contributed by atoms with Crippen molar-refractivity contribution in [3.63, 3.8) is 0 Å². The summed E-state index contributed by atoms with van der Waals surface area (Å²) in [7, 11) is 0. The number of phenols is 1. The van der Waals surface area contributed by atoms with Gasteiger partial charge in [-0.25, -0.2) is 9.78 Å². The van der Waals surface area contributed by atoms with Crippen LogP contribution in [0.4, 0.5) is 0 Å². The molecule has 27 nitrogen and oxygen atoms in total. The molecule has 7 amide bonds. The SMILES string of the molecule is CSCC[C@H](NC(=O)[C@H](CCC(=O)O)NC(=O)[C@H](CC(=O)O)NC(=O)[C@H](Cc1ccc(O)cc1)NC(=O)[C@H](CC(C)C)NC(=O)[C@H](C)NC(=O)[C@@H](N)Cc1cnc[nH]1)C(=O)N[C@@H](CCCN=C(N)N)C(=O)O. The quantitative estimate of drug-likeness (QED) is 0.0191. The zero-order valence-electron chi connectivity index (χ0n) is 40.3. The van der Waals surface area contributed by atoms with Gasteiger partial charge >= 0.3 is 17.9 Å². The molecule has 28 heteroatoms. The normalized spacial score (nSPS) is 14.3. The maximum absolute atomic E-state index is 14.2. The minimum absolute atomic E-state index is 0.0234. The van der Waals surface area contributed by atoms with Gasteiger partial charge in [0.2, 0.25) is 41.4 Å². The molecule has 0 spiro atoms. The number of rotatable bonds is 33. The molecule has 0 saturated carbocycles. The summed E-state index contributed by atoms with van der Waals surface area (Å²) >= 11 is 1.28. The van der Waals surface area contributed by atoms with Gasteiger partial charge in [0.1, 0.15) is 48.0 Å². The number of nitrogens with zero attached hydrogens (tertiary/aromatic N) is 2. The van der Waals surface area contributed by atoms with E-state index in [-0.39, 0.29) is 68.4 Å². The number of carboxylic acid groups (broad SMARTS) is 3. The second-order valence-electron chi connectivity index (χ2n) is 17.1. The number of benzene rings is 1. The Hall–Kier alpha value is -7.49. The summed E-state index contributed by atoms with van der Waals surface area (Å²) in [4.78, 5) is 142. The smallest absolute Gasteiger partial charge is 0.326 e. The van der Waals surface area contributed by atoms with E-state index >= 15 is 0 Å². The monoisotopic (exact) mass is 1030 g/mol. The summed E-state index contributed by atoms with van der Waals surface area (Å²) < 4.78 is 0. The Balaban J connectivity index is 2.39. The van der Waals surface area contributed by atoms with Crippen LogP contribution in [0.25, 0.3) is 0 Å². The number of aromatic hydroxyl groups is 1. The van der Waals surface area contributed by atoms with Gasteiger partial charge in [-0.3, -0.25) is 48.1 Å². The lowest BCUT2D eigenvalue weighted by Gasteiger charge is -2.28. The molecule has 0 unspecified atom stereocenters. The fraction of sp³-hybridized carbons (Fsp3) is 0.545. The van der Waals surface area contributed by atoms with Crippen LogP contribution < -0.4 is 54.4 Å². The summed E-state index contributed by atoms with van der Waals surface area (Å²) in [6.45, 7) is 4.93. The van der Waals surface area contributed by atoms with E-state index in [9.17, 15) is 68.4 Å². The molecule has 0 aliphatic carbocycles. The van der Waals surface area contributed by atoms with E-state index < -0.39 is 127 Å². The third-order valence-electron chi connectivity index (χ3n) is 10.5. The average molecular weight is 1030 g/mol. The molecule has 2 aromatic rings. The summed E-state index contributed by atoms with van der Waals surface area (Å²) in [5, 5.41) is 55.9. The van der Waals surface area contributed by atoms with Crippen LogP contribution in [0, 0.1) is 5.92 Å². The number of guanidine groups is 1. The van der Waals surface area contributed by atoms with Crippen molar-refractivity contribution in [2.75, 3.05) is 18.6 Å². The lowest BCUT2D eigenvalue weighted by Crippen LogP contribution is -2.60. The first-order valence-corrected chi connectivity index (χ1v) is 24.1. The number of carbonyl (C=O) groups excluding carboxylic acids is 7. The van der Waals surface area contributed by atoms with Crippen LogP contribution >= 0.6 is 11.8 Å². The lowest BCUT2D eigenvalue weighted by molar-refractivity contribution is -0.142. The number of hydrogen-bond donors (Lipinski definition) is 15. The van der Waals surface area contributed by atoms with Gasteiger partial charge < -0.3 is 79.8 Å². The predicted molar refractivity (Wildman–Crippen MR) is 260 cm³/mol. The van der Waals surface area contributed by atoms with Crippen LogP contribution in [0.15, 0.2) is 41.8 Å². The van der Waals surface area contributed by atoms with Gasteiger partial charge in [0.15, 0.2) is 5.96 Å². The zero-order valence-corrected chi connectivity index (χ0v) is 41.2. The molecule has 8 atom stereocenters. The van der Waals surface area contributed by atoms with Gasteiger partial charge in [-0.15, -0.1) is 0 Å². The average Bonchev–Trinajstić information content (AvgIpc) is 3.82. The zero-order chi connectivity index (χ0) is 54.1. The Labute approximate surface area is 418 Å². The molecular formula is C44H67N13O14S. The van der Waals surface area contributed by atoms with E-state index in [1.165, 1.54) is 55.5 Å². The van der Waals surface area contributed by atoms with Crippen LogP contribution in [0.2, 0.25) is 0 Å². The van der Waals surface area contributed by atoms with Crippen molar-refractivity contribution in [1.29, 1.82) is 0 Å². The molecule has 0 saturated heterocycles. The maximum atomic E-state index is 14.2. The van der Waals surface area contributed by atoms with Gasteiger partial charge in [0.05, 0.1) is 18.8 Å². The number of aliphatic imine (C=N–C) groups is 1. The van der Waals surface area contributed by atoms with Crippen molar-refractivity contribution in [2.45, 2.75) is 127 Å².